The van der Waals surface area contributed by atoms with Crippen LogP contribution in [0, 0.1) is 5.92 Å². The number of hydrogen-bond donors (Lipinski definition) is 0. The summed E-state index contributed by atoms with van der Waals surface area (Å²) < 4.78 is 0. The molecular weight excluding hydrogens is 410 g/mol. The van der Waals surface area contributed by atoms with E-state index in [1.807, 2.05) is 12.1 Å². The van der Waals surface area contributed by atoms with Crippen molar-refractivity contribution in [1.82, 2.24) is 9.88 Å². The van der Waals surface area contributed by atoms with Gasteiger partial charge in [-0.05, 0) is 18.8 Å². The quantitative estimate of drug-likeness (QED) is 0.248. The summed E-state index contributed by atoms with van der Waals surface area (Å²) in [7, 11) is 0. The van der Waals surface area contributed by atoms with Gasteiger partial charge in [0, 0.05) is 29.8 Å². The summed E-state index contributed by atoms with van der Waals surface area (Å²) in [5.41, 5.74) is 4.34. The molecule has 0 saturated carbocycles. The standard InChI is InChI=1S/C28H27N3S/c1-21-17-19-31(20-18-21)26(23-13-7-3-8-14-23)30-28-25(22-11-5-2-6-12-22)29-27(32-28)24-15-9-4-10-16-24/h2-16,21H,17-20H2,1H3/b30-26-. The average molecular weight is 438 g/mol. The lowest BCUT2D eigenvalue weighted by Crippen LogP contribution is -2.38. The average Bonchev–Trinajstić information content (AvgIpc) is 3.29. The van der Waals surface area contributed by atoms with Gasteiger partial charge in [-0.1, -0.05) is 109 Å². The molecule has 2 heterocycles. The molecule has 1 saturated heterocycles. The molecule has 0 unspecified atom stereocenters. The van der Waals surface area contributed by atoms with Gasteiger partial charge < -0.3 is 4.90 Å². The minimum absolute atomic E-state index is 0.774. The lowest BCUT2D eigenvalue weighted by Gasteiger charge is -2.33. The van der Waals surface area contributed by atoms with Crippen molar-refractivity contribution in [3.63, 3.8) is 0 Å². The largest absolute Gasteiger partial charge is 0.356 e. The summed E-state index contributed by atoms with van der Waals surface area (Å²) in [5, 5.41) is 1.97. The number of rotatable bonds is 4. The normalized spacial score (nSPS) is 15.2. The van der Waals surface area contributed by atoms with Gasteiger partial charge in [0.25, 0.3) is 0 Å². The molecular formula is C28H27N3S. The SMILES string of the molecule is CC1CCN(/C(=N\c2sc(-c3ccccc3)nc2-c2ccccc2)c2ccccc2)CC1. The molecule has 4 aromatic rings. The van der Waals surface area contributed by atoms with Crippen molar-refractivity contribution in [1.29, 1.82) is 0 Å². The van der Waals surface area contributed by atoms with E-state index in [0.717, 1.165) is 57.2 Å². The number of thiazole rings is 1. The van der Waals surface area contributed by atoms with Gasteiger partial charge >= 0.3 is 0 Å². The predicted molar refractivity (Wildman–Crippen MR) is 136 cm³/mol. The predicted octanol–water partition coefficient (Wildman–Crippen LogP) is 7.29. The third kappa shape index (κ3) is 4.51. The Morgan fingerprint density at radius 3 is 2.00 bits per heavy atom. The van der Waals surface area contributed by atoms with E-state index in [1.165, 1.54) is 12.8 Å². The van der Waals surface area contributed by atoms with Crippen LogP contribution in [0.5, 0.6) is 0 Å². The number of aliphatic imine (C=N–C) groups is 1. The van der Waals surface area contributed by atoms with E-state index in [2.05, 4.69) is 90.7 Å². The Balaban J connectivity index is 1.64. The second-order valence-corrected chi connectivity index (χ2v) is 9.35. The summed E-state index contributed by atoms with van der Waals surface area (Å²) >= 11 is 1.67. The molecule has 3 aromatic carbocycles. The lowest BCUT2D eigenvalue weighted by atomic mass is 9.98. The summed E-state index contributed by atoms with van der Waals surface area (Å²) in [6.07, 6.45) is 2.41. The van der Waals surface area contributed by atoms with Crippen LogP contribution in [0.25, 0.3) is 21.8 Å². The molecule has 32 heavy (non-hydrogen) atoms. The van der Waals surface area contributed by atoms with Crippen molar-refractivity contribution in [3.05, 3.63) is 96.6 Å². The van der Waals surface area contributed by atoms with Crippen molar-refractivity contribution >= 4 is 22.2 Å². The number of benzene rings is 3. The first kappa shape index (κ1) is 20.7. The van der Waals surface area contributed by atoms with E-state index < -0.39 is 0 Å². The van der Waals surface area contributed by atoms with Crippen LogP contribution in [0.2, 0.25) is 0 Å². The second kappa shape index (κ2) is 9.49. The maximum Gasteiger partial charge on any atom is 0.146 e. The monoisotopic (exact) mass is 437 g/mol. The van der Waals surface area contributed by atoms with E-state index in [-0.39, 0.29) is 0 Å². The smallest absolute Gasteiger partial charge is 0.146 e. The molecule has 1 aliphatic rings. The summed E-state index contributed by atoms with van der Waals surface area (Å²) in [6, 6.07) is 31.4. The van der Waals surface area contributed by atoms with Crippen molar-refractivity contribution in [2.75, 3.05) is 13.1 Å². The number of hydrogen-bond acceptors (Lipinski definition) is 3. The van der Waals surface area contributed by atoms with Gasteiger partial charge in [-0.2, -0.15) is 0 Å². The van der Waals surface area contributed by atoms with Gasteiger partial charge in [-0.25, -0.2) is 9.98 Å². The highest BCUT2D eigenvalue weighted by Crippen LogP contribution is 2.40. The number of amidine groups is 1. The number of nitrogens with zero attached hydrogens (tertiary/aromatic N) is 3. The Kier molecular flexibility index (Phi) is 6.13. The molecule has 0 atom stereocenters. The lowest BCUT2D eigenvalue weighted by molar-refractivity contribution is 0.281. The van der Waals surface area contributed by atoms with Gasteiger partial charge in [0.1, 0.15) is 21.5 Å². The topological polar surface area (TPSA) is 28.5 Å². The highest BCUT2D eigenvalue weighted by atomic mass is 32.1. The van der Waals surface area contributed by atoms with Crippen LogP contribution in [0.4, 0.5) is 5.00 Å². The molecule has 0 N–H and O–H groups in total. The van der Waals surface area contributed by atoms with Crippen LogP contribution >= 0.6 is 11.3 Å². The Hall–Kier alpha value is -3.24. The zero-order chi connectivity index (χ0) is 21.8. The van der Waals surface area contributed by atoms with E-state index in [0.29, 0.717) is 0 Å². The molecule has 0 radical (unpaired) electrons. The third-order valence-corrected chi connectivity index (χ3v) is 7.00. The molecule has 3 nitrogen and oxygen atoms in total. The first-order valence-corrected chi connectivity index (χ1v) is 12.1. The van der Waals surface area contributed by atoms with Crippen molar-refractivity contribution < 1.29 is 0 Å². The molecule has 0 spiro atoms. The van der Waals surface area contributed by atoms with Gasteiger partial charge in [0.15, 0.2) is 0 Å². The first-order chi connectivity index (χ1) is 15.8. The van der Waals surface area contributed by atoms with E-state index in [1.54, 1.807) is 11.3 Å². The van der Waals surface area contributed by atoms with E-state index >= 15 is 0 Å². The Morgan fingerprint density at radius 2 is 1.38 bits per heavy atom. The van der Waals surface area contributed by atoms with Gasteiger partial charge in [-0.3, -0.25) is 0 Å². The van der Waals surface area contributed by atoms with Crippen LogP contribution in [0.15, 0.2) is 96.0 Å². The summed E-state index contributed by atoms with van der Waals surface area (Å²) in [5.74, 6) is 1.83. The van der Waals surface area contributed by atoms with E-state index in [4.69, 9.17) is 9.98 Å². The highest BCUT2D eigenvalue weighted by Gasteiger charge is 2.22. The number of piperidine rings is 1. The van der Waals surface area contributed by atoms with Gasteiger partial charge in [0.2, 0.25) is 0 Å². The number of aromatic nitrogens is 1. The Morgan fingerprint density at radius 1 is 0.812 bits per heavy atom. The molecule has 0 bridgehead atoms. The van der Waals surface area contributed by atoms with E-state index in [9.17, 15) is 0 Å². The molecule has 1 aliphatic heterocycles. The summed E-state index contributed by atoms with van der Waals surface area (Å²) in [6.45, 7) is 4.43. The van der Waals surface area contributed by atoms with Crippen LogP contribution in [-0.2, 0) is 0 Å². The van der Waals surface area contributed by atoms with Gasteiger partial charge in [0.05, 0.1) is 0 Å². The second-order valence-electron chi connectivity index (χ2n) is 8.38. The van der Waals surface area contributed by atoms with Crippen LogP contribution < -0.4 is 0 Å². The van der Waals surface area contributed by atoms with Gasteiger partial charge in [-0.15, -0.1) is 0 Å². The molecule has 1 aromatic heterocycles. The fourth-order valence-electron chi connectivity index (χ4n) is 4.10. The Labute approximate surface area is 194 Å². The third-order valence-electron chi connectivity index (χ3n) is 6.00. The van der Waals surface area contributed by atoms with Crippen molar-refractivity contribution in [3.8, 4) is 21.8 Å². The summed E-state index contributed by atoms with van der Waals surface area (Å²) in [4.78, 5) is 12.8. The minimum Gasteiger partial charge on any atom is -0.356 e. The fourth-order valence-corrected chi connectivity index (χ4v) is 5.06. The van der Waals surface area contributed by atoms with Crippen LogP contribution in [0.1, 0.15) is 25.3 Å². The Bertz CT molecular complexity index is 1180. The van der Waals surface area contributed by atoms with Crippen molar-refractivity contribution in [2.45, 2.75) is 19.8 Å². The molecule has 0 aliphatic carbocycles. The molecule has 5 rings (SSSR count). The molecule has 160 valence electrons. The maximum absolute atomic E-state index is 5.30. The first-order valence-electron chi connectivity index (χ1n) is 11.3. The van der Waals surface area contributed by atoms with Crippen LogP contribution in [-0.4, -0.2) is 28.8 Å². The maximum atomic E-state index is 5.30. The molecule has 4 heteroatoms. The fraction of sp³-hybridized carbons (Fsp3) is 0.214. The minimum atomic E-state index is 0.774. The molecule has 1 fully saturated rings. The van der Waals surface area contributed by atoms with Crippen LogP contribution in [0.3, 0.4) is 0 Å². The number of likely N-dealkylation sites (tertiary alicyclic amines) is 1. The van der Waals surface area contributed by atoms with Crippen molar-refractivity contribution in [2.24, 2.45) is 10.9 Å². The highest BCUT2D eigenvalue weighted by molar-refractivity contribution is 7.19. The zero-order valence-electron chi connectivity index (χ0n) is 18.3. The molecule has 0 amide bonds. The zero-order valence-corrected chi connectivity index (χ0v) is 19.1.